The molecule has 0 aromatic rings. The highest BCUT2D eigenvalue weighted by molar-refractivity contribution is 5.13. The molecular formula is C20H34O3. The Hall–Kier alpha value is -0.120. The Labute approximate surface area is 140 Å². The SMILES string of the molecule is C[C@]12CC[C@H]3[C@@H](CC[C@@H]4[C@]3(C)CCC[C@]4(C)O)[C@@H]1[C@@H](O)C[C@@H]2O. The van der Waals surface area contributed by atoms with Gasteiger partial charge in [-0.15, -0.1) is 0 Å². The summed E-state index contributed by atoms with van der Waals surface area (Å²) < 4.78 is 0. The maximum absolute atomic E-state index is 11.0. The van der Waals surface area contributed by atoms with Crippen LogP contribution in [0.3, 0.4) is 0 Å². The van der Waals surface area contributed by atoms with Gasteiger partial charge in [0, 0.05) is 6.42 Å². The zero-order valence-corrected chi connectivity index (χ0v) is 15.0. The number of fused-ring (bicyclic) bond motifs is 5. The summed E-state index contributed by atoms with van der Waals surface area (Å²) in [4.78, 5) is 0. The number of hydrogen-bond donors (Lipinski definition) is 3. The van der Waals surface area contributed by atoms with E-state index in [-0.39, 0.29) is 29.0 Å². The Morgan fingerprint density at radius 3 is 2.35 bits per heavy atom. The summed E-state index contributed by atoms with van der Waals surface area (Å²) in [6, 6.07) is 0. The van der Waals surface area contributed by atoms with E-state index in [1.165, 1.54) is 6.42 Å². The van der Waals surface area contributed by atoms with Crippen LogP contribution in [0.4, 0.5) is 0 Å². The molecule has 0 radical (unpaired) electrons. The Morgan fingerprint density at radius 1 is 0.870 bits per heavy atom. The largest absolute Gasteiger partial charge is 0.393 e. The standard InChI is InChI=1S/C20H34O3/c1-18-8-4-9-20(3,23)15(18)6-5-12-13(18)7-10-19(2)16(22)11-14(21)17(12)19/h12-17,21-23H,4-11H2,1-3H3/t12-,13+,14+,15-,16+,17-,18-,19-,20+/m1/s1. The fourth-order valence-electron chi connectivity index (χ4n) is 7.87. The summed E-state index contributed by atoms with van der Waals surface area (Å²) in [6.07, 6.45) is 7.54. The van der Waals surface area contributed by atoms with E-state index in [2.05, 4.69) is 20.8 Å². The predicted octanol–water partition coefficient (Wildman–Crippen LogP) is 3.11. The van der Waals surface area contributed by atoms with Crippen molar-refractivity contribution >= 4 is 0 Å². The van der Waals surface area contributed by atoms with Crippen molar-refractivity contribution in [1.82, 2.24) is 0 Å². The van der Waals surface area contributed by atoms with Gasteiger partial charge >= 0.3 is 0 Å². The fraction of sp³-hybridized carbons (Fsp3) is 1.00. The van der Waals surface area contributed by atoms with Crippen LogP contribution >= 0.6 is 0 Å². The predicted molar refractivity (Wildman–Crippen MR) is 89.7 cm³/mol. The van der Waals surface area contributed by atoms with Crippen LogP contribution in [0.2, 0.25) is 0 Å². The van der Waals surface area contributed by atoms with Gasteiger partial charge in [-0.25, -0.2) is 0 Å². The summed E-state index contributed by atoms with van der Waals surface area (Å²) in [7, 11) is 0. The van der Waals surface area contributed by atoms with Gasteiger partial charge in [0.1, 0.15) is 0 Å². The van der Waals surface area contributed by atoms with Crippen LogP contribution in [0.25, 0.3) is 0 Å². The lowest BCUT2D eigenvalue weighted by Crippen LogP contribution is -2.59. The third-order valence-corrected chi connectivity index (χ3v) is 8.95. The highest BCUT2D eigenvalue weighted by atomic mass is 16.3. The third-order valence-electron chi connectivity index (χ3n) is 8.95. The second-order valence-corrected chi connectivity index (χ2v) is 10.0. The first-order valence-electron chi connectivity index (χ1n) is 9.79. The van der Waals surface area contributed by atoms with Gasteiger partial charge in [-0.2, -0.15) is 0 Å². The molecule has 3 N–H and O–H groups in total. The molecule has 0 spiro atoms. The van der Waals surface area contributed by atoms with E-state index in [0.717, 1.165) is 38.5 Å². The van der Waals surface area contributed by atoms with Gasteiger partial charge in [0.2, 0.25) is 0 Å². The number of aliphatic hydroxyl groups excluding tert-OH is 2. The minimum atomic E-state index is -0.521. The van der Waals surface area contributed by atoms with Gasteiger partial charge in [0.15, 0.2) is 0 Å². The Balaban J connectivity index is 1.69. The average molecular weight is 322 g/mol. The van der Waals surface area contributed by atoms with Crippen molar-refractivity contribution in [2.24, 2.45) is 34.5 Å². The van der Waals surface area contributed by atoms with Crippen LogP contribution in [0, 0.1) is 34.5 Å². The van der Waals surface area contributed by atoms with Crippen molar-refractivity contribution in [3.05, 3.63) is 0 Å². The Bertz CT molecular complexity index is 489. The first-order valence-corrected chi connectivity index (χ1v) is 9.79. The molecule has 3 heteroatoms. The monoisotopic (exact) mass is 322 g/mol. The van der Waals surface area contributed by atoms with Crippen LogP contribution in [-0.2, 0) is 0 Å². The number of aliphatic hydroxyl groups is 3. The molecular weight excluding hydrogens is 288 g/mol. The van der Waals surface area contributed by atoms with Crippen molar-refractivity contribution in [3.8, 4) is 0 Å². The van der Waals surface area contributed by atoms with E-state index in [4.69, 9.17) is 0 Å². The minimum absolute atomic E-state index is 0.0963. The zero-order valence-electron chi connectivity index (χ0n) is 15.0. The molecule has 0 aromatic heterocycles. The van der Waals surface area contributed by atoms with Crippen LogP contribution in [0.15, 0.2) is 0 Å². The van der Waals surface area contributed by atoms with Gasteiger partial charge in [-0.1, -0.05) is 20.3 Å². The van der Waals surface area contributed by atoms with E-state index >= 15 is 0 Å². The second-order valence-electron chi connectivity index (χ2n) is 10.0. The van der Waals surface area contributed by atoms with Crippen LogP contribution < -0.4 is 0 Å². The van der Waals surface area contributed by atoms with Crippen LogP contribution in [0.5, 0.6) is 0 Å². The van der Waals surface area contributed by atoms with Gasteiger partial charge in [0.25, 0.3) is 0 Å². The van der Waals surface area contributed by atoms with Gasteiger partial charge in [-0.05, 0) is 80.0 Å². The molecule has 9 atom stereocenters. The van der Waals surface area contributed by atoms with E-state index < -0.39 is 5.60 Å². The highest BCUT2D eigenvalue weighted by Gasteiger charge is 2.64. The second kappa shape index (κ2) is 4.95. The topological polar surface area (TPSA) is 60.7 Å². The average Bonchev–Trinajstić information content (AvgIpc) is 2.68. The lowest BCUT2D eigenvalue weighted by Gasteiger charge is -2.63. The van der Waals surface area contributed by atoms with Crippen LogP contribution in [-0.4, -0.2) is 33.1 Å². The first kappa shape index (κ1) is 16.4. The van der Waals surface area contributed by atoms with Crippen LogP contribution in [0.1, 0.15) is 72.1 Å². The molecule has 0 unspecified atom stereocenters. The lowest BCUT2D eigenvalue weighted by molar-refractivity contribution is -0.187. The van der Waals surface area contributed by atoms with Gasteiger partial charge in [0.05, 0.1) is 17.8 Å². The molecule has 0 saturated heterocycles. The maximum Gasteiger partial charge on any atom is 0.0653 e. The summed E-state index contributed by atoms with van der Waals surface area (Å²) in [5.41, 5.74) is -0.410. The van der Waals surface area contributed by atoms with Crippen molar-refractivity contribution in [3.63, 3.8) is 0 Å². The molecule has 0 amide bonds. The third kappa shape index (κ3) is 2.05. The van der Waals surface area contributed by atoms with Gasteiger partial charge in [-0.3, -0.25) is 0 Å². The van der Waals surface area contributed by atoms with E-state index in [1.54, 1.807) is 0 Å². The van der Waals surface area contributed by atoms with Crippen molar-refractivity contribution in [2.45, 2.75) is 89.9 Å². The highest BCUT2D eigenvalue weighted by Crippen LogP contribution is 2.67. The molecule has 3 nitrogen and oxygen atoms in total. The molecule has 4 fully saturated rings. The zero-order chi connectivity index (χ0) is 16.6. The van der Waals surface area contributed by atoms with E-state index in [9.17, 15) is 15.3 Å². The lowest BCUT2D eigenvalue weighted by atomic mass is 9.43. The molecule has 132 valence electrons. The van der Waals surface area contributed by atoms with E-state index in [0.29, 0.717) is 24.2 Å². The summed E-state index contributed by atoms with van der Waals surface area (Å²) >= 11 is 0. The Kier molecular flexibility index (Phi) is 3.52. The van der Waals surface area contributed by atoms with Crippen molar-refractivity contribution in [2.75, 3.05) is 0 Å². The van der Waals surface area contributed by atoms with E-state index in [1.807, 2.05) is 0 Å². The summed E-state index contributed by atoms with van der Waals surface area (Å²) in [5.74, 6) is 1.78. The van der Waals surface area contributed by atoms with Crippen molar-refractivity contribution < 1.29 is 15.3 Å². The molecule has 0 aromatic carbocycles. The number of rotatable bonds is 0. The maximum atomic E-state index is 11.0. The summed E-state index contributed by atoms with van der Waals surface area (Å²) in [5, 5.41) is 32.2. The summed E-state index contributed by atoms with van der Waals surface area (Å²) in [6.45, 7) is 6.68. The van der Waals surface area contributed by atoms with Crippen molar-refractivity contribution in [1.29, 1.82) is 0 Å². The Morgan fingerprint density at radius 2 is 1.61 bits per heavy atom. The van der Waals surface area contributed by atoms with Gasteiger partial charge < -0.3 is 15.3 Å². The first-order chi connectivity index (χ1) is 10.7. The molecule has 0 bridgehead atoms. The molecule has 0 aliphatic heterocycles. The molecule has 4 aliphatic carbocycles. The quantitative estimate of drug-likeness (QED) is 0.642. The fourth-order valence-corrected chi connectivity index (χ4v) is 7.87. The molecule has 23 heavy (non-hydrogen) atoms. The number of hydrogen-bond acceptors (Lipinski definition) is 3. The molecule has 4 saturated carbocycles. The molecule has 4 aliphatic rings. The molecule has 0 heterocycles. The molecule has 4 rings (SSSR count). The normalized spacial score (nSPS) is 62.3. The smallest absolute Gasteiger partial charge is 0.0653 e. The minimum Gasteiger partial charge on any atom is -0.393 e.